The molecule has 0 unspecified atom stereocenters. The number of benzene rings is 2. The molecule has 0 radical (unpaired) electrons. The molecule has 3 nitrogen and oxygen atoms in total. The summed E-state index contributed by atoms with van der Waals surface area (Å²) < 4.78 is 0. The first kappa shape index (κ1) is 15.0. The molecular weight excluding hydrogens is 284 g/mol. The van der Waals surface area contributed by atoms with Crippen molar-refractivity contribution in [3.63, 3.8) is 0 Å². The lowest BCUT2D eigenvalue weighted by molar-refractivity contribution is 0.102. The van der Waals surface area contributed by atoms with Crippen LogP contribution in [0.15, 0.2) is 66.9 Å². The number of aryl methyl sites for hydroxylation is 2. The molecule has 0 aliphatic rings. The molecule has 114 valence electrons. The van der Waals surface area contributed by atoms with Crippen LogP contribution >= 0.6 is 0 Å². The maximum absolute atomic E-state index is 12.2. The van der Waals surface area contributed by atoms with Gasteiger partial charge in [0.25, 0.3) is 5.91 Å². The third-order valence-corrected chi connectivity index (χ3v) is 3.65. The monoisotopic (exact) mass is 302 g/mol. The van der Waals surface area contributed by atoms with Crippen molar-refractivity contribution in [3.8, 4) is 11.3 Å². The summed E-state index contributed by atoms with van der Waals surface area (Å²) in [6, 6.07) is 19.5. The average molecular weight is 302 g/mol. The van der Waals surface area contributed by atoms with E-state index in [0.717, 1.165) is 22.5 Å². The van der Waals surface area contributed by atoms with Gasteiger partial charge in [0.05, 0.1) is 11.3 Å². The fourth-order valence-electron chi connectivity index (χ4n) is 2.34. The van der Waals surface area contributed by atoms with Gasteiger partial charge < -0.3 is 5.32 Å². The van der Waals surface area contributed by atoms with Crippen molar-refractivity contribution in [3.05, 3.63) is 83.6 Å². The second-order valence-electron chi connectivity index (χ2n) is 5.62. The predicted molar refractivity (Wildman–Crippen MR) is 93.5 cm³/mol. The van der Waals surface area contributed by atoms with Crippen LogP contribution in [0.4, 0.5) is 5.69 Å². The van der Waals surface area contributed by atoms with E-state index in [0.29, 0.717) is 5.56 Å². The summed E-state index contributed by atoms with van der Waals surface area (Å²) in [5.74, 6) is -0.155. The van der Waals surface area contributed by atoms with Crippen LogP contribution in [0.1, 0.15) is 21.5 Å². The summed E-state index contributed by atoms with van der Waals surface area (Å²) in [4.78, 5) is 16.7. The molecule has 3 rings (SSSR count). The smallest absolute Gasteiger partial charge is 0.257 e. The number of nitrogens with zero attached hydrogens (tertiary/aromatic N) is 1. The van der Waals surface area contributed by atoms with Crippen molar-refractivity contribution in [2.24, 2.45) is 0 Å². The molecule has 0 bridgehead atoms. The minimum absolute atomic E-state index is 0.155. The van der Waals surface area contributed by atoms with Gasteiger partial charge in [-0.15, -0.1) is 0 Å². The van der Waals surface area contributed by atoms with Crippen LogP contribution < -0.4 is 5.32 Å². The number of carbonyl (C=O) groups excluding carboxylic acids is 1. The third kappa shape index (κ3) is 3.64. The van der Waals surface area contributed by atoms with Gasteiger partial charge in [-0.3, -0.25) is 9.78 Å². The molecule has 0 atom stereocenters. The van der Waals surface area contributed by atoms with Crippen molar-refractivity contribution in [1.29, 1.82) is 0 Å². The fourth-order valence-corrected chi connectivity index (χ4v) is 2.34. The van der Waals surface area contributed by atoms with Gasteiger partial charge in [0.2, 0.25) is 0 Å². The maximum Gasteiger partial charge on any atom is 0.257 e. The highest BCUT2D eigenvalue weighted by molar-refractivity contribution is 6.04. The molecule has 0 aliphatic heterocycles. The van der Waals surface area contributed by atoms with E-state index >= 15 is 0 Å². The van der Waals surface area contributed by atoms with Gasteiger partial charge in [-0.25, -0.2) is 0 Å². The molecule has 1 heterocycles. The van der Waals surface area contributed by atoms with Crippen molar-refractivity contribution < 1.29 is 4.79 Å². The van der Waals surface area contributed by atoms with E-state index in [1.54, 1.807) is 12.3 Å². The number of amides is 1. The van der Waals surface area contributed by atoms with E-state index in [9.17, 15) is 4.79 Å². The van der Waals surface area contributed by atoms with Gasteiger partial charge in [-0.05, 0) is 44.2 Å². The normalized spacial score (nSPS) is 10.3. The third-order valence-electron chi connectivity index (χ3n) is 3.65. The first-order valence-electron chi connectivity index (χ1n) is 7.53. The molecule has 1 amide bonds. The Balaban J connectivity index is 1.76. The maximum atomic E-state index is 12.2. The van der Waals surface area contributed by atoms with Crippen LogP contribution in [-0.2, 0) is 0 Å². The number of carbonyl (C=O) groups is 1. The van der Waals surface area contributed by atoms with Crippen molar-refractivity contribution in [2.75, 3.05) is 5.32 Å². The Hall–Kier alpha value is -2.94. The average Bonchev–Trinajstić information content (AvgIpc) is 2.57. The first-order valence-corrected chi connectivity index (χ1v) is 7.53. The second kappa shape index (κ2) is 6.44. The summed E-state index contributed by atoms with van der Waals surface area (Å²) in [6.07, 6.45) is 1.61. The topological polar surface area (TPSA) is 42.0 Å². The van der Waals surface area contributed by atoms with Crippen LogP contribution in [0.3, 0.4) is 0 Å². The summed E-state index contributed by atoms with van der Waals surface area (Å²) >= 11 is 0. The van der Waals surface area contributed by atoms with Gasteiger partial charge in [-0.1, -0.05) is 41.5 Å². The van der Waals surface area contributed by atoms with Crippen molar-refractivity contribution in [1.82, 2.24) is 4.98 Å². The molecule has 3 aromatic rings. The Morgan fingerprint density at radius 2 is 1.70 bits per heavy atom. The quantitative estimate of drug-likeness (QED) is 0.767. The molecule has 2 aromatic carbocycles. The van der Waals surface area contributed by atoms with E-state index in [1.165, 1.54) is 5.56 Å². The van der Waals surface area contributed by atoms with Crippen LogP contribution in [0.2, 0.25) is 0 Å². The highest BCUT2D eigenvalue weighted by atomic mass is 16.1. The van der Waals surface area contributed by atoms with Crippen molar-refractivity contribution >= 4 is 11.6 Å². The van der Waals surface area contributed by atoms with E-state index in [4.69, 9.17) is 0 Å². The largest absolute Gasteiger partial charge is 0.322 e. The highest BCUT2D eigenvalue weighted by Gasteiger charge is 2.07. The number of nitrogens with one attached hydrogen (secondary N) is 1. The molecule has 1 N–H and O–H groups in total. The van der Waals surface area contributed by atoms with E-state index in [-0.39, 0.29) is 5.91 Å². The molecule has 23 heavy (non-hydrogen) atoms. The number of hydrogen-bond donors (Lipinski definition) is 1. The molecule has 0 saturated carbocycles. The Morgan fingerprint density at radius 3 is 2.35 bits per heavy atom. The molecule has 1 aromatic heterocycles. The van der Waals surface area contributed by atoms with Gasteiger partial charge in [0, 0.05) is 17.4 Å². The van der Waals surface area contributed by atoms with Crippen LogP contribution in [0.5, 0.6) is 0 Å². The number of pyridine rings is 1. The molecule has 0 saturated heterocycles. The lowest BCUT2D eigenvalue weighted by Gasteiger charge is -2.07. The SMILES string of the molecule is Cc1ccc(NC(=O)c2ccc(-c3cccc(C)c3)nc2)cc1. The number of hydrogen-bond acceptors (Lipinski definition) is 2. The summed E-state index contributed by atoms with van der Waals surface area (Å²) in [5, 5.41) is 2.87. The summed E-state index contributed by atoms with van der Waals surface area (Å²) in [5.41, 5.74) is 5.58. The minimum atomic E-state index is -0.155. The molecule has 0 aliphatic carbocycles. The standard InChI is InChI=1S/C20H18N2O/c1-14-6-9-18(10-7-14)22-20(23)17-8-11-19(21-13-17)16-5-3-4-15(2)12-16/h3-13H,1-2H3,(H,22,23). The van der Waals surface area contributed by atoms with Gasteiger partial charge in [0.1, 0.15) is 0 Å². The summed E-state index contributed by atoms with van der Waals surface area (Å²) in [7, 11) is 0. The van der Waals surface area contributed by atoms with E-state index in [2.05, 4.69) is 16.4 Å². The highest BCUT2D eigenvalue weighted by Crippen LogP contribution is 2.18. The van der Waals surface area contributed by atoms with E-state index in [1.807, 2.05) is 62.4 Å². The number of rotatable bonds is 3. The van der Waals surface area contributed by atoms with E-state index < -0.39 is 0 Å². The zero-order chi connectivity index (χ0) is 16.2. The lowest BCUT2D eigenvalue weighted by atomic mass is 10.1. The van der Waals surface area contributed by atoms with Crippen molar-refractivity contribution in [2.45, 2.75) is 13.8 Å². The molecule has 3 heteroatoms. The second-order valence-corrected chi connectivity index (χ2v) is 5.62. The lowest BCUT2D eigenvalue weighted by Crippen LogP contribution is -2.12. The van der Waals surface area contributed by atoms with Crippen LogP contribution in [0, 0.1) is 13.8 Å². The van der Waals surface area contributed by atoms with Gasteiger partial charge in [0.15, 0.2) is 0 Å². The Labute approximate surface area is 136 Å². The van der Waals surface area contributed by atoms with Crippen LogP contribution in [-0.4, -0.2) is 10.9 Å². The zero-order valence-corrected chi connectivity index (χ0v) is 13.2. The Kier molecular flexibility index (Phi) is 4.20. The molecular formula is C20H18N2O. The first-order chi connectivity index (χ1) is 11.1. The Bertz CT molecular complexity index is 821. The fraction of sp³-hybridized carbons (Fsp3) is 0.100. The number of aromatic nitrogens is 1. The van der Waals surface area contributed by atoms with Gasteiger partial charge >= 0.3 is 0 Å². The summed E-state index contributed by atoms with van der Waals surface area (Å²) in [6.45, 7) is 4.06. The Morgan fingerprint density at radius 1 is 0.913 bits per heavy atom. The van der Waals surface area contributed by atoms with Gasteiger partial charge in [-0.2, -0.15) is 0 Å². The minimum Gasteiger partial charge on any atom is -0.322 e. The number of anilines is 1. The zero-order valence-electron chi connectivity index (χ0n) is 13.2. The van der Waals surface area contributed by atoms with Crippen LogP contribution in [0.25, 0.3) is 11.3 Å². The molecule has 0 spiro atoms. The predicted octanol–water partition coefficient (Wildman–Crippen LogP) is 4.62. The molecule has 0 fully saturated rings.